The molecule has 3 N–H and O–H groups in total. The van der Waals surface area contributed by atoms with E-state index in [2.05, 4.69) is 20.9 Å². The number of nitrogens with one attached hydrogen (secondary N) is 3. The van der Waals surface area contributed by atoms with Gasteiger partial charge < -0.3 is 20.7 Å². The van der Waals surface area contributed by atoms with E-state index >= 15 is 0 Å². The van der Waals surface area contributed by atoms with Gasteiger partial charge in [-0.2, -0.15) is 0 Å². The van der Waals surface area contributed by atoms with E-state index in [-0.39, 0.29) is 17.9 Å². The Morgan fingerprint density at radius 3 is 2.61 bits per heavy atom. The van der Waals surface area contributed by atoms with Crippen LogP contribution in [0, 0.1) is 6.92 Å². The van der Waals surface area contributed by atoms with Gasteiger partial charge in [0.05, 0.1) is 13.3 Å². The zero-order chi connectivity index (χ0) is 21.8. The van der Waals surface area contributed by atoms with E-state index in [4.69, 9.17) is 4.74 Å². The van der Waals surface area contributed by atoms with Gasteiger partial charge in [0.2, 0.25) is 0 Å². The first-order chi connectivity index (χ1) is 15.0. The molecule has 1 aliphatic rings. The first kappa shape index (κ1) is 20.9. The van der Waals surface area contributed by atoms with Crippen molar-refractivity contribution in [3.05, 3.63) is 70.2 Å². The zero-order valence-corrected chi connectivity index (χ0v) is 18.2. The predicted molar refractivity (Wildman–Crippen MR) is 122 cm³/mol. The van der Waals surface area contributed by atoms with E-state index in [1.165, 1.54) is 11.3 Å². The van der Waals surface area contributed by atoms with Crippen LogP contribution in [0.1, 0.15) is 44.0 Å². The average molecular weight is 437 g/mol. The third-order valence-electron chi connectivity index (χ3n) is 4.99. The van der Waals surface area contributed by atoms with Crippen LogP contribution in [0.2, 0.25) is 0 Å². The Balaban J connectivity index is 1.37. The molecular weight excluding hydrogens is 412 g/mol. The van der Waals surface area contributed by atoms with E-state index in [1.54, 1.807) is 25.4 Å². The molecular formula is C23H24N4O3S. The van der Waals surface area contributed by atoms with E-state index in [0.717, 1.165) is 29.7 Å². The number of nitrogens with zero attached hydrogens (tertiary/aromatic N) is 1. The summed E-state index contributed by atoms with van der Waals surface area (Å²) in [5.74, 6) is 0.444. The lowest BCUT2D eigenvalue weighted by atomic mass is 10.1. The highest BCUT2D eigenvalue weighted by Gasteiger charge is 2.24. The summed E-state index contributed by atoms with van der Waals surface area (Å²) < 4.78 is 5.16. The van der Waals surface area contributed by atoms with Crippen molar-refractivity contribution in [1.29, 1.82) is 0 Å². The van der Waals surface area contributed by atoms with Gasteiger partial charge in [-0.15, -0.1) is 0 Å². The maximum absolute atomic E-state index is 12.7. The van der Waals surface area contributed by atoms with Gasteiger partial charge in [0.25, 0.3) is 11.8 Å². The molecule has 1 heterocycles. The number of methoxy groups -OCH3 is 1. The molecule has 0 spiro atoms. The molecule has 0 radical (unpaired) electrons. The van der Waals surface area contributed by atoms with E-state index in [9.17, 15) is 9.59 Å². The van der Waals surface area contributed by atoms with Crippen molar-refractivity contribution < 1.29 is 14.3 Å². The van der Waals surface area contributed by atoms with E-state index < -0.39 is 0 Å². The van der Waals surface area contributed by atoms with Gasteiger partial charge >= 0.3 is 0 Å². The molecule has 4 rings (SSSR count). The van der Waals surface area contributed by atoms with E-state index in [1.807, 2.05) is 37.3 Å². The third kappa shape index (κ3) is 5.40. The number of amides is 2. The molecule has 2 amide bonds. The van der Waals surface area contributed by atoms with Crippen LogP contribution < -0.4 is 20.7 Å². The third-order valence-corrected chi connectivity index (χ3v) is 5.95. The lowest BCUT2D eigenvalue weighted by Crippen LogP contribution is -2.25. The molecule has 8 heteroatoms. The quantitative estimate of drug-likeness (QED) is 0.492. The van der Waals surface area contributed by atoms with Crippen molar-refractivity contribution in [3.63, 3.8) is 0 Å². The fourth-order valence-corrected chi connectivity index (χ4v) is 3.67. The Kier molecular flexibility index (Phi) is 6.18. The minimum atomic E-state index is -0.252. The standard InChI is InChI=1S/C23H24N4O3S/c1-14-3-6-16(21(28)26-17-7-8-17)11-19(14)27-22(29)20-13-25-23(31-20)24-12-15-4-9-18(30-2)10-5-15/h3-6,9-11,13,17H,7-8,12H2,1-2H3,(H,24,25)(H,26,28)(H,27,29). The fraction of sp³-hybridized carbons (Fsp3) is 0.261. The topological polar surface area (TPSA) is 92.3 Å². The lowest BCUT2D eigenvalue weighted by Gasteiger charge is -2.10. The second kappa shape index (κ2) is 9.18. The smallest absolute Gasteiger partial charge is 0.267 e. The van der Waals surface area contributed by atoms with E-state index in [0.29, 0.717) is 27.8 Å². The highest BCUT2D eigenvalue weighted by Crippen LogP contribution is 2.24. The number of aromatic nitrogens is 1. The van der Waals surface area contributed by atoms with Crippen molar-refractivity contribution in [2.45, 2.75) is 32.4 Å². The summed E-state index contributed by atoms with van der Waals surface area (Å²) in [6, 6.07) is 13.4. The molecule has 0 unspecified atom stereocenters. The molecule has 0 atom stereocenters. The number of anilines is 2. The maximum Gasteiger partial charge on any atom is 0.267 e. The van der Waals surface area contributed by atoms with Crippen LogP contribution >= 0.6 is 11.3 Å². The molecule has 0 aliphatic heterocycles. The lowest BCUT2D eigenvalue weighted by molar-refractivity contribution is 0.0949. The number of carbonyl (C=O) groups excluding carboxylic acids is 2. The van der Waals surface area contributed by atoms with Crippen LogP contribution in [0.4, 0.5) is 10.8 Å². The number of carbonyl (C=O) groups is 2. The molecule has 0 bridgehead atoms. The number of benzene rings is 2. The van der Waals surface area contributed by atoms with Gasteiger partial charge in [-0.1, -0.05) is 29.5 Å². The van der Waals surface area contributed by atoms with Crippen molar-refractivity contribution in [2.75, 3.05) is 17.7 Å². The second-order valence-corrected chi connectivity index (χ2v) is 8.49. The van der Waals surface area contributed by atoms with Gasteiger partial charge in [-0.25, -0.2) is 4.98 Å². The molecule has 0 saturated heterocycles. The Morgan fingerprint density at radius 1 is 1.13 bits per heavy atom. The number of thiazole rings is 1. The normalized spacial score (nSPS) is 12.8. The van der Waals surface area contributed by atoms with Crippen LogP contribution in [0.3, 0.4) is 0 Å². The number of hydrogen-bond donors (Lipinski definition) is 3. The highest BCUT2D eigenvalue weighted by atomic mass is 32.1. The Morgan fingerprint density at radius 2 is 1.90 bits per heavy atom. The van der Waals surface area contributed by atoms with Gasteiger partial charge in [0, 0.05) is 23.8 Å². The summed E-state index contributed by atoms with van der Waals surface area (Å²) in [6.45, 7) is 2.49. The van der Waals surface area contributed by atoms with Gasteiger partial charge in [-0.05, 0) is 55.2 Å². The molecule has 1 aromatic heterocycles. The SMILES string of the molecule is COc1ccc(CNc2ncc(C(=O)Nc3cc(C(=O)NC4CC4)ccc3C)s2)cc1. The first-order valence-electron chi connectivity index (χ1n) is 10.1. The van der Waals surface area contributed by atoms with Gasteiger partial charge in [-0.3, -0.25) is 9.59 Å². The number of ether oxygens (including phenoxy) is 1. The summed E-state index contributed by atoms with van der Waals surface area (Å²) in [5, 5.41) is 9.76. The van der Waals surface area contributed by atoms with Crippen molar-refractivity contribution in [3.8, 4) is 5.75 Å². The largest absolute Gasteiger partial charge is 0.497 e. The Labute approximate surface area is 184 Å². The minimum absolute atomic E-state index is 0.110. The highest BCUT2D eigenvalue weighted by molar-refractivity contribution is 7.17. The second-order valence-electron chi connectivity index (χ2n) is 7.46. The first-order valence-corrected chi connectivity index (χ1v) is 10.9. The fourth-order valence-electron chi connectivity index (χ4n) is 2.96. The van der Waals surface area contributed by atoms with Crippen molar-refractivity contribution in [1.82, 2.24) is 10.3 Å². The van der Waals surface area contributed by atoms with Crippen LogP contribution in [-0.2, 0) is 6.54 Å². The molecule has 1 aliphatic carbocycles. The molecule has 3 aromatic rings. The minimum Gasteiger partial charge on any atom is -0.497 e. The van der Waals surface area contributed by atoms with Crippen LogP contribution in [0.15, 0.2) is 48.7 Å². The molecule has 1 fully saturated rings. The summed E-state index contributed by atoms with van der Waals surface area (Å²) >= 11 is 1.28. The van der Waals surface area contributed by atoms with Crippen LogP contribution in [0.5, 0.6) is 5.75 Å². The molecule has 7 nitrogen and oxygen atoms in total. The monoisotopic (exact) mass is 436 g/mol. The molecule has 31 heavy (non-hydrogen) atoms. The number of rotatable bonds is 8. The summed E-state index contributed by atoms with van der Waals surface area (Å²) in [4.78, 5) is 29.8. The number of hydrogen-bond acceptors (Lipinski definition) is 6. The molecule has 2 aromatic carbocycles. The Hall–Kier alpha value is -3.39. The average Bonchev–Trinajstić information content (AvgIpc) is 3.46. The zero-order valence-electron chi connectivity index (χ0n) is 17.4. The summed E-state index contributed by atoms with van der Waals surface area (Å²) in [6.07, 6.45) is 3.61. The summed E-state index contributed by atoms with van der Waals surface area (Å²) in [7, 11) is 1.64. The summed E-state index contributed by atoms with van der Waals surface area (Å²) in [5.41, 5.74) is 3.13. The molecule has 160 valence electrons. The maximum atomic E-state index is 12.7. The van der Waals surface area contributed by atoms with Crippen LogP contribution in [0.25, 0.3) is 0 Å². The number of aryl methyl sites for hydroxylation is 1. The van der Waals surface area contributed by atoms with Crippen molar-refractivity contribution >= 4 is 34.0 Å². The van der Waals surface area contributed by atoms with Crippen LogP contribution in [-0.4, -0.2) is 29.9 Å². The predicted octanol–water partition coefficient (Wildman–Crippen LogP) is 4.22. The molecule has 1 saturated carbocycles. The van der Waals surface area contributed by atoms with Gasteiger partial charge in [0.15, 0.2) is 5.13 Å². The van der Waals surface area contributed by atoms with Gasteiger partial charge in [0.1, 0.15) is 10.6 Å². The Bertz CT molecular complexity index is 1090. The van der Waals surface area contributed by atoms with Crippen molar-refractivity contribution in [2.24, 2.45) is 0 Å².